The first-order valence-electron chi connectivity index (χ1n) is 7.43. The van der Waals surface area contributed by atoms with Gasteiger partial charge in [0.05, 0.1) is 20.2 Å². The van der Waals surface area contributed by atoms with E-state index in [4.69, 9.17) is 9.47 Å². The number of para-hydroxylation sites is 1. The molecule has 0 saturated carbocycles. The van der Waals surface area contributed by atoms with E-state index in [0.29, 0.717) is 19.0 Å². The second-order valence-corrected chi connectivity index (χ2v) is 6.04. The molecule has 2 aliphatic heterocycles. The number of hydrogen-bond acceptors (Lipinski definition) is 4. The first-order valence-corrected chi connectivity index (χ1v) is 7.43. The Morgan fingerprint density at radius 3 is 3.00 bits per heavy atom. The molecule has 2 atom stereocenters. The zero-order valence-corrected chi connectivity index (χ0v) is 12.6. The molecule has 2 fully saturated rings. The van der Waals surface area contributed by atoms with Gasteiger partial charge in [0.15, 0.2) is 0 Å². The lowest BCUT2D eigenvalue weighted by atomic mass is 9.88. The highest BCUT2D eigenvalue weighted by Crippen LogP contribution is 2.34. The fraction of sp³-hybridized carbons (Fsp3) is 0.562. The SMILES string of the molecule is COc1ccccc1CN1CC(C)(C2CCNC2)OC1=O. The van der Waals surface area contributed by atoms with Crippen molar-refractivity contribution in [3.63, 3.8) is 0 Å². The number of methoxy groups -OCH3 is 1. The van der Waals surface area contributed by atoms with Gasteiger partial charge in [0.1, 0.15) is 11.4 Å². The quantitative estimate of drug-likeness (QED) is 0.921. The van der Waals surface area contributed by atoms with Gasteiger partial charge >= 0.3 is 6.09 Å². The second kappa shape index (κ2) is 5.56. The number of rotatable bonds is 4. The van der Waals surface area contributed by atoms with Gasteiger partial charge in [-0.15, -0.1) is 0 Å². The minimum Gasteiger partial charge on any atom is -0.496 e. The van der Waals surface area contributed by atoms with Gasteiger partial charge in [0.2, 0.25) is 0 Å². The molecular weight excluding hydrogens is 268 g/mol. The van der Waals surface area contributed by atoms with E-state index in [-0.39, 0.29) is 11.7 Å². The van der Waals surface area contributed by atoms with Crippen LogP contribution in [0.3, 0.4) is 0 Å². The summed E-state index contributed by atoms with van der Waals surface area (Å²) >= 11 is 0. The number of benzene rings is 1. The molecule has 2 heterocycles. The predicted octanol–water partition coefficient (Wildman–Crippen LogP) is 2.02. The average molecular weight is 290 g/mol. The topological polar surface area (TPSA) is 50.8 Å². The maximum absolute atomic E-state index is 12.2. The number of hydrogen-bond donors (Lipinski definition) is 1. The fourth-order valence-electron chi connectivity index (χ4n) is 3.29. The number of cyclic esters (lactones) is 1. The van der Waals surface area contributed by atoms with E-state index in [9.17, 15) is 4.79 Å². The molecular formula is C16H22N2O3. The molecule has 3 rings (SSSR count). The molecule has 1 aromatic carbocycles. The predicted molar refractivity (Wildman–Crippen MR) is 79.3 cm³/mol. The minimum absolute atomic E-state index is 0.227. The summed E-state index contributed by atoms with van der Waals surface area (Å²) in [5.41, 5.74) is 0.619. The van der Waals surface area contributed by atoms with E-state index < -0.39 is 0 Å². The van der Waals surface area contributed by atoms with Crippen LogP contribution >= 0.6 is 0 Å². The van der Waals surface area contributed by atoms with Gasteiger partial charge in [-0.3, -0.25) is 4.90 Å². The van der Waals surface area contributed by atoms with Crippen molar-refractivity contribution in [1.29, 1.82) is 0 Å². The van der Waals surface area contributed by atoms with Gasteiger partial charge in [-0.2, -0.15) is 0 Å². The molecule has 21 heavy (non-hydrogen) atoms. The van der Waals surface area contributed by atoms with Gasteiger partial charge in [0.25, 0.3) is 0 Å². The van der Waals surface area contributed by atoms with Crippen molar-refractivity contribution in [1.82, 2.24) is 10.2 Å². The van der Waals surface area contributed by atoms with Crippen LogP contribution < -0.4 is 10.1 Å². The van der Waals surface area contributed by atoms with Crippen molar-refractivity contribution < 1.29 is 14.3 Å². The van der Waals surface area contributed by atoms with E-state index in [1.807, 2.05) is 31.2 Å². The maximum Gasteiger partial charge on any atom is 0.410 e. The Kier molecular flexibility index (Phi) is 3.76. The molecule has 1 amide bonds. The van der Waals surface area contributed by atoms with E-state index in [1.54, 1.807) is 12.0 Å². The third-order valence-electron chi connectivity index (χ3n) is 4.56. The average Bonchev–Trinajstić information content (AvgIpc) is 3.10. The van der Waals surface area contributed by atoms with Gasteiger partial charge in [-0.1, -0.05) is 18.2 Å². The first kappa shape index (κ1) is 14.2. The molecule has 5 nitrogen and oxygen atoms in total. The number of amides is 1. The zero-order valence-electron chi connectivity index (χ0n) is 12.6. The highest BCUT2D eigenvalue weighted by molar-refractivity contribution is 5.71. The second-order valence-electron chi connectivity index (χ2n) is 6.04. The van der Waals surface area contributed by atoms with Gasteiger partial charge in [-0.05, 0) is 26.0 Å². The monoisotopic (exact) mass is 290 g/mol. The summed E-state index contributed by atoms with van der Waals surface area (Å²) in [6.45, 7) is 5.14. The van der Waals surface area contributed by atoms with Gasteiger partial charge in [-0.25, -0.2) is 4.79 Å². The number of carbonyl (C=O) groups is 1. The van der Waals surface area contributed by atoms with Gasteiger partial charge < -0.3 is 14.8 Å². The highest BCUT2D eigenvalue weighted by Gasteiger charge is 2.47. The number of nitrogens with one attached hydrogen (secondary N) is 1. The fourth-order valence-corrected chi connectivity index (χ4v) is 3.29. The molecule has 2 saturated heterocycles. The molecule has 114 valence electrons. The maximum atomic E-state index is 12.2. The van der Waals surface area contributed by atoms with Crippen LogP contribution in [0.2, 0.25) is 0 Å². The first-order chi connectivity index (χ1) is 10.1. The van der Waals surface area contributed by atoms with Crippen molar-refractivity contribution >= 4 is 6.09 Å². The zero-order chi connectivity index (χ0) is 14.9. The standard InChI is InChI=1S/C16H22N2O3/c1-16(13-7-8-17-9-13)11-18(15(19)21-16)10-12-5-3-4-6-14(12)20-2/h3-6,13,17H,7-11H2,1-2H3. The van der Waals surface area contributed by atoms with E-state index in [2.05, 4.69) is 5.32 Å². The Morgan fingerprint density at radius 2 is 2.29 bits per heavy atom. The normalized spacial score (nSPS) is 28.8. The summed E-state index contributed by atoms with van der Waals surface area (Å²) in [4.78, 5) is 14.0. The molecule has 0 aromatic heterocycles. The van der Waals surface area contributed by atoms with Crippen LogP contribution in [0.4, 0.5) is 4.79 Å². The molecule has 1 aromatic rings. The van der Waals surface area contributed by atoms with Crippen LogP contribution in [0.5, 0.6) is 5.75 Å². The van der Waals surface area contributed by atoms with E-state index in [1.165, 1.54) is 0 Å². The van der Waals surface area contributed by atoms with Crippen LogP contribution in [-0.4, -0.2) is 43.3 Å². The van der Waals surface area contributed by atoms with E-state index in [0.717, 1.165) is 30.8 Å². The summed E-state index contributed by atoms with van der Waals surface area (Å²) in [6, 6.07) is 7.79. The van der Waals surface area contributed by atoms with Crippen molar-refractivity contribution in [2.45, 2.75) is 25.5 Å². The van der Waals surface area contributed by atoms with Crippen molar-refractivity contribution in [3.8, 4) is 5.75 Å². The Bertz CT molecular complexity index is 528. The summed E-state index contributed by atoms with van der Waals surface area (Å²) in [6.07, 6.45) is 0.835. The molecule has 1 N–H and O–H groups in total. The number of nitrogens with zero attached hydrogens (tertiary/aromatic N) is 1. The smallest absolute Gasteiger partial charge is 0.410 e. The Balaban J connectivity index is 1.73. The molecule has 0 bridgehead atoms. The van der Waals surface area contributed by atoms with Crippen LogP contribution in [0.15, 0.2) is 24.3 Å². The lowest BCUT2D eigenvalue weighted by Crippen LogP contribution is -2.40. The van der Waals surface area contributed by atoms with Gasteiger partial charge in [0, 0.05) is 18.0 Å². The Hall–Kier alpha value is -1.75. The molecule has 0 aliphatic carbocycles. The largest absolute Gasteiger partial charge is 0.496 e. The lowest BCUT2D eigenvalue weighted by molar-refractivity contribution is 0.0287. The molecule has 5 heteroatoms. The third kappa shape index (κ3) is 2.70. The molecule has 0 spiro atoms. The van der Waals surface area contributed by atoms with Crippen LogP contribution in [0.1, 0.15) is 18.9 Å². The molecule has 2 aliphatic rings. The number of carbonyl (C=O) groups excluding carboxylic acids is 1. The Labute approximate surface area is 125 Å². The molecule has 0 radical (unpaired) electrons. The van der Waals surface area contributed by atoms with Crippen LogP contribution in [0, 0.1) is 5.92 Å². The summed E-state index contributed by atoms with van der Waals surface area (Å²) in [5.74, 6) is 1.20. The van der Waals surface area contributed by atoms with Crippen molar-refractivity contribution in [2.75, 3.05) is 26.7 Å². The molecule has 2 unspecified atom stereocenters. The van der Waals surface area contributed by atoms with E-state index >= 15 is 0 Å². The van der Waals surface area contributed by atoms with Crippen LogP contribution in [-0.2, 0) is 11.3 Å². The highest BCUT2D eigenvalue weighted by atomic mass is 16.6. The lowest BCUT2D eigenvalue weighted by Gasteiger charge is -2.28. The number of ether oxygens (including phenoxy) is 2. The Morgan fingerprint density at radius 1 is 1.48 bits per heavy atom. The third-order valence-corrected chi connectivity index (χ3v) is 4.56. The summed E-state index contributed by atoms with van der Waals surface area (Å²) in [5, 5.41) is 3.34. The van der Waals surface area contributed by atoms with Crippen LogP contribution in [0.25, 0.3) is 0 Å². The van der Waals surface area contributed by atoms with Crippen molar-refractivity contribution in [3.05, 3.63) is 29.8 Å². The summed E-state index contributed by atoms with van der Waals surface area (Å²) in [7, 11) is 1.65. The van der Waals surface area contributed by atoms with Crippen molar-refractivity contribution in [2.24, 2.45) is 5.92 Å². The minimum atomic E-state index is -0.386. The summed E-state index contributed by atoms with van der Waals surface area (Å²) < 4.78 is 11.1.